The number of aromatic nitrogens is 1. The van der Waals surface area contributed by atoms with Gasteiger partial charge < -0.3 is 14.7 Å². The van der Waals surface area contributed by atoms with E-state index in [4.69, 9.17) is 9.72 Å². The molecule has 1 aromatic heterocycles. The van der Waals surface area contributed by atoms with Crippen LogP contribution in [0.25, 0.3) is 22.2 Å². The first-order chi connectivity index (χ1) is 12.1. The summed E-state index contributed by atoms with van der Waals surface area (Å²) in [6.45, 7) is 2.01. The first-order valence-electron chi connectivity index (χ1n) is 8.56. The largest absolute Gasteiger partial charge is 0.488 e. The molecule has 0 bridgehead atoms. The van der Waals surface area contributed by atoms with Crippen LogP contribution in [0.4, 0.5) is 5.69 Å². The fourth-order valence-electron chi connectivity index (χ4n) is 2.70. The van der Waals surface area contributed by atoms with Gasteiger partial charge in [0.25, 0.3) is 0 Å². The molecule has 0 aliphatic carbocycles. The number of aliphatic hydroxyl groups excluding tert-OH is 1. The molecular weight excluding hydrogens is 312 g/mol. The Balaban J connectivity index is 1.92. The predicted octanol–water partition coefficient (Wildman–Crippen LogP) is 4.12. The lowest BCUT2D eigenvalue weighted by Gasteiger charge is -2.15. The van der Waals surface area contributed by atoms with Crippen molar-refractivity contribution in [2.75, 3.05) is 25.6 Å². The summed E-state index contributed by atoms with van der Waals surface area (Å²) in [6, 6.07) is 18.3. The number of pyridine rings is 1. The van der Waals surface area contributed by atoms with Gasteiger partial charge >= 0.3 is 0 Å². The van der Waals surface area contributed by atoms with Gasteiger partial charge in [-0.1, -0.05) is 25.1 Å². The van der Waals surface area contributed by atoms with Crippen LogP contribution in [0.5, 0.6) is 5.75 Å². The van der Waals surface area contributed by atoms with E-state index in [1.807, 2.05) is 45.3 Å². The van der Waals surface area contributed by atoms with Crippen LogP contribution in [0.2, 0.25) is 0 Å². The molecular formula is C21H24N2O2. The lowest BCUT2D eigenvalue weighted by molar-refractivity contribution is 0.113. The zero-order valence-electron chi connectivity index (χ0n) is 14.9. The second-order valence-corrected chi connectivity index (χ2v) is 6.32. The first kappa shape index (κ1) is 17.2. The molecule has 0 fully saturated rings. The number of hydrogen-bond donors (Lipinski definition) is 1. The molecule has 0 saturated heterocycles. The van der Waals surface area contributed by atoms with Gasteiger partial charge in [-0.25, -0.2) is 4.98 Å². The Bertz CT molecular complexity index is 840. The molecule has 1 unspecified atom stereocenters. The number of benzene rings is 2. The van der Waals surface area contributed by atoms with E-state index in [1.165, 1.54) is 0 Å². The zero-order valence-corrected chi connectivity index (χ0v) is 14.9. The van der Waals surface area contributed by atoms with Crippen molar-refractivity contribution in [3.05, 3.63) is 54.6 Å². The monoisotopic (exact) mass is 336 g/mol. The molecule has 2 aromatic carbocycles. The Labute approximate surface area is 148 Å². The minimum atomic E-state index is -0.181. The number of nitrogens with zero attached hydrogens (tertiary/aromatic N) is 2. The van der Waals surface area contributed by atoms with Crippen LogP contribution < -0.4 is 9.64 Å². The minimum absolute atomic E-state index is 0.0141. The van der Waals surface area contributed by atoms with E-state index in [1.54, 1.807) is 0 Å². The highest BCUT2D eigenvalue weighted by Crippen LogP contribution is 2.26. The molecule has 3 rings (SSSR count). The maximum absolute atomic E-state index is 9.31. The van der Waals surface area contributed by atoms with Crippen LogP contribution in [-0.2, 0) is 0 Å². The van der Waals surface area contributed by atoms with E-state index >= 15 is 0 Å². The average Bonchev–Trinajstić information content (AvgIpc) is 2.65. The van der Waals surface area contributed by atoms with E-state index in [9.17, 15) is 5.11 Å². The van der Waals surface area contributed by atoms with Crippen molar-refractivity contribution in [3.8, 4) is 17.0 Å². The van der Waals surface area contributed by atoms with Crippen LogP contribution in [0.1, 0.15) is 13.3 Å². The van der Waals surface area contributed by atoms with E-state index in [2.05, 4.69) is 35.2 Å². The molecule has 1 N–H and O–H groups in total. The summed E-state index contributed by atoms with van der Waals surface area (Å²) in [5.74, 6) is 0.737. The summed E-state index contributed by atoms with van der Waals surface area (Å²) in [7, 11) is 4.06. The van der Waals surface area contributed by atoms with Crippen molar-refractivity contribution in [2.24, 2.45) is 0 Å². The molecule has 0 amide bonds. The van der Waals surface area contributed by atoms with E-state index < -0.39 is 0 Å². The molecule has 0 aliphatic rings. The summed E-state index contributed by atoms with van der Waals surface area (Å²) in [6.07, 6.45) is 0.583. The third-order valence-corrected chi connectivity index (χ3v) is 4.30. The SMILES string of the molecule is CCC(CO)Oc1ccc2ccc(-c3ccc(N(C)C)cc3)nc2c1. The Morgan fingerprint density at radius 2 is 1.76 bits per heavy atom. The van der Waals surface area contributed by atoms with E-state index in [-0.39, 0.29) is 12.7 Å². The van der Waals surface area contributed by atoms with Crippen molar-refractivity contribution in [3.63, 3.8) is 0 Å². The molecule has 0 aliphatic heterocycles. The highest BCUT2D eigenvalue weighted by atomic mass is 16.5. The van der Waals surface area contributed by atoms with Gasteiger partial charge in [0.15, 0.2) is 0 Å². The Morgan fingerprint density at radius 1 is 1.04 bits per heavy atom. The third-order valence-electron chi connectivity index (χ3n) is 4.30. The molecule has 25 heavy (non-hydrogen) atoms. The van der Waals surface area contributed by atoms with Crippen molar-refractivity contribution >= 4 is 16.6 Å². The summed E-state index contributed by atoms with van der Waals surface area (Å²) in [5, 5.41) is 10.4. The van der Waals surface area contributed by atoms with Crippen LogP contribution in [-0.4, -0.2) is 36.9 Å². The van der Waals surface area contributed by atoms with Gasteiger partial charge in [-0.05, 0) is 36.8 Å². The molecule has 0 spiro atoms. The van der Waals surface area contributed by atoms with Crippen molar-refractivity contribution in [1.29, 1.82) is 0 Å². The van der Waals surface area contributed by atoms with Gasteiger partial charge in [-0.3, -0.25) is 0 Å². The van der Waals surface area contributed by atoms with Gasteiger partial charge in [0, 0.05) is 36.8 Å². The van der Waals surface area contributed by atoms with Crippen molar-refractivity contribution in [1.82, 2.24) is 4.98 Å². The summed E-state index contributed by atoms with van der Waals surface area (Å²) >= 11 is 0. The van der Waals surface area contributed by atoms with Gasteiger partial charge in [0.05, 0.1) is 17.8 Å². The molecule has 3 aromatic rings. The second-order valence-electron chi connectivity index (χ2n) is 6.32. The molecule has 1 heterocycles. The van der Waals surface area contributed by atoms with Crippen LogP contribution in [0.3, 0.4) is 0 Å². The number of fused-ring (bicyclic) bond motifs is 1. The van der Waals surface area contributed by atoms with Gasteiger partial charge in [-0.2, -0.15) is 0 Å². The van der Waals surface area contributed by atoms with Gasteiger partial charge in [-0.15, -0.1) is 0 Å². The number of rotatable bonds is 6. The summed E-state index contributed by atoms with van der Waals surface area (Å²) in [4.78, 5) is 6.86. The lowest BCUT2D eigenvalue weighted by atomic mass is 10.1. The third kappa shape index (κ3) is 3.91. The van der Waals surface area contributed by atoms with Crippen LogP contribution in [0, 0.1) is 0 Å². The highest BCUT2D eigenvalue weighted by molar-refractivity contribution is 5.83. The maximum atomic E-state index is 9.31. The average molecular weight is 336 g/mol. The Hall–Kier alpha value is -2.59. The molecule has 0 saturated carbocycles. The highest BCUT2D eigenvalue weighted by Gasteiger charge is 2.08. The molecule has 1 atom stereocenters. The van der Waals surface area contributed by atoms with Crippen molar-refractivity contribution < 1.29 is 9.84 Å². The minimum Gasteiger partial charge on any atom is -0.488 e. The summed E-state index contributed by atoms with van der Waals surface area (Å²) in [5.41, 5.74) is 4.07. The smallest absolute Gasteiger partial charge is 0.122 e. The fourth-order valence-corrected chi connectivity index (χ4v) is 2.70. The maximum Gasteiger partial charge on any atom is 0.122 e. The second kappa shape index (κ2) is 7.53. The number of ether oxygens (including phenoxy) is 1. The van der Waals surface area contributed by atoms with Gasteiger partial charge in [0.1, 0.15) is 11.9 Å². The Kier molecular flexibility index (Phi) is 5.19. The molecule has 130 valence electrons. The zero-order chi connectivity index (χ0) is 17.8. The molecule has 4 nitrogen and oxygen atoms in total. The number of hydrogen-bond acceptors (Lipinski definition) is 4. The van der Waals surface area contributed by atoms with Crippen molar-refractivity contribution in [2.45, 2.75) is 19.4 Å². The number of aliphatic hydroxyl groups is 1. The lowest BCUT2D eigenvalue weighted by Crippen LogP contribution is -2.19. The first-order valence-corrected chi connectivity index (χ1v) is 8.56. The van der Waals surface area contributed by atoms with E-state index in [0.29, 0.717) is 0 Å². The summed E-state index contributed by atoms with van der Waals surface area (Å²) < 4.78 is 5.81. The molecule has 4 heteroatoms. The topological polar surface area (TPSA) is 45.6 Å². The van der Waals surface area contributed by atoms with Gasteiger partial charge in [0.2, 0.25) is 0 Å². The van der Waals surface area contributed by atoms with E-state index in [0.717, 1.165) is 40.0 Å². The van der Waals surface area contributed by atoms with Crippen LogP contribution in [0.15, 0.2) is 54.6 Å². The Morgan fingerprint density at radius 3 is 2.40 bits per heavy atom. The fraction of sp³-hybridized carbons (Fsp3) is 0.286. The van der Waals surface area contributed by atoms with Crippen LogP contribution >= 0.6 is 0 Å². The quantitative estimate of drug-likeness (QED) is 0.735. The molecule has 0 radical (unpaired) electrons. The predicted molar refractivity (Wildman–Crippen MR) is 103 cm³/mol. The number of anilines is 1. The normalized spacial score (nSPS) is 12.2. The standard InChI is InChI=1S/C21H24N2O2/c1-4-18(14-24)25-19-11-7-16-8-12-20(22-21(16)13-19)15-5-9-17(10-6-15)23(2)3/h5-13,18,24H,4,14H2,1-3H3.